The fourth-order valence-electron chi connectivity index (χ4n) is 3.43. The first-order chi connectivity index (χ1) is 11.9. The predicted octanol–water partition coefficient (Wildman–Crippen LogP) is 3.03. The van der Waals surface area contributed by atoms with E-state index >= 15 is 0 Å². The van der Waals surface area contributed by atoms with Gasteiger partial charge in [-0.3, -0.25) is 4.79 Å². The zero-order valence-electron chi connectivity index (χ0n) is 13.0. The van der Waals surface area contributed by atoms with Crippen molar-refractivity contribution in [3.8, 4) is 0 Å². The molecule has 2 aromatic rings. The molecule has 1 fully saturated rings. The number of sulfonamides is 1. The summed E-state index contributed by atoms with van der Waals surface area (Å²) in [6, 6.07) is 10.3. The second kappa shape index (κ2) is 5.79. The van der Waals surface area contributed by atoms with Gasteiger partial charge in [0.2, 0.25) is 10.0 Å². The molecular weight excluding hydrogens is 367 g/mol. The first-order valence-corrected chi connectivity index (χ1v) is 9.60. The molecule has 1 amide bonds. The summed E-state index contributed by atoms with van der Waals surface area (Å²) in [5, 5.41) is -0.252. The standard InChI is InChI=1S/C17H14ClFN2O3S/c18-14-10-11(6-7-15(14)19)25(23,24)21-9-3-8-20-16(21)12-4-1-2-5-13(12)17(20)22/h1-2,4-7,10,16H,3,8-9H2. The molecule has 0 aliphatic carbocycles. The third-order valence-electron chi connectivity index (χ3n) is 4.57. The summed E-state index contributed by atoms with van der Waals surface area (Å²) in [7, 11) is -3.93. The van der Waals surface area contributed by atoms with E-state index in [4.69, 9.17) is 11.6 Å². The highest BCUT2D eigenvalue weighted by atomic mass is 35.5. The molecule has 5 nitrogen and oxygen atoms in total. The molecule has 0 radical (unpaired) electrons. The van der Waals surface area contributed by atoms with Gasteiger partial charge in [0.15, 0.2) is 0 Å². The lowest BCUT2D eigenvalue weighted by atomic mass is 10.1. The third kappa shape index (κ3) is 2.46. The molecular formula is C17H14ClFN2O3S. The van der Waals surface area contributed by atoms with E-state index in [1.54, 1.807) is 29.2 Å². The summed E-state index contributed by atoms with van der Waals surface area (Å²) in [4.78, 5) is 14.1. The monoisotopic (exact) mass is 380 g/mol. The zero-order valence-corrected chi connectivity index (χ0v) is 14.6. The Kier molecular flexibility index (Phi) is 3.82. The number of hydrogen-bond donors (Lipinski definition) is 0. The smallest absolute Gasteiger partial charge is 0.255 e. The normalized spacial score (nSPS) is 20.5. The molecule has 130 valence electrons. The maximum atomic E-state index is 13.4. The molecule has 2 aliphatic rings. The van der Waals surface area contributed by atoms with E-state index in [0.29, 0.717) is 24.1 Å². The van der Waals surface area contributed by atoms with E-state index in [2.05, 4.69) is 0 Å². The van der Waals surface area contributed by atoms with Crippen LogP contribution < -0.4 is 0 Å². The van der Waals surface area contributed by atoms with Crippen LogP contribution in [0.5, 0.6) is 0 Å². The van der Waals surface area contributed by atoms with Crippen LogP contribution in [0.25, 0.3) is 0 Å². The van der Waals surface area contributed by atoms with Crippen molar-refractivity contribution in [3.63, 3.8) is 0 Å². The number of hydrogen-bond acceptors (Lipinski definition) is 3. The van der Waals surface area contributed by atoms with Crippen LogP contribution in [0.15, 0.2) is 47.4 Å². The van der Waals surface area contributed by atoms with Gasteiger partial charge in [0.25, 0.3) is 5.91 Å². The average molecular weight is 381 g/mol. The minimum absolute atomic E-state index is 0.0856. The molecule has 0 bridgehead atoms. The Bertz CT molecular complexity index is 980. The highest BCUT2D eigenvalue weighted by Gasteiger charge is 2.46. The first-order valence-electron chi connectivity index (χ1n) is 7.78. The predicted molar refractivity (Wildman–Crippen MR) is 90.1 cm³/mol. The van der Waals surface area contributed by atoms with Crippen molar-refractivity contribution in [1.29, 1.82) is 0 Å². The van der Waals surface area contributed by atoms with E-state index in [1.165, 1.54) is 10.4 Å². The Morgan fingerprint density at radius 2 is 1.88 bits per heavy atom. The highest BCUT2D eigenvalue weighted by Crippen LogP contribution is 2.41. The first kappa shape index (κ1) is 16.5. The second-order valence-electron chi connectivity index (χ2n) is 6.00. The summed E-state index contributed by atoms with van der Waals surface area (Å²) in [5.41, 5.74) is 1.19. The Morgan fingerprint density at radius 3 is 2.64 bits per heavy atom. The van der Waals surface area contributed by atoms with E-state index in [1.807, 2.05) is 0 Å². The van der Waals surface area contributed by atoms with Crippen LogP contribution in [0.4, 0.5) is 4.39 Å². The maximum absolute atomic E-state index is 13.4. The van der Waals surface area contributed by atoms with E-state index in [-0.39, 0.29) is 22.4 Å². The Hall–Kier alpha value is -1.96. The van der Waals surface area contributed by atoms with E-state index in [9.17, 15) is 17.6 Å². The molecule has 0 N–H and O–H groups in total. The molecule has 0 aromatic heterocycles. The summed E-state index contributed by atoms with van der Waals surface area (Å²) in [5.74, 6) is -0.847. The van der Waals surface area contributed by atoms with Gasteiger partial charge >= 0.3 is 0 Å². The SMILES string of the molecule is O=C1c2ccccc2C2N1CCCN2S(=O)(=O)c1ccc(F)c(Cl)c1. The molecule has 1 saturated heterocycles. The average Bonchev–Trinajstić information content (AvgIpc) is 2.90. The number of benzene rings is 2. The van der Waals surface area contributed by atoms with E-state index in [0.717, 1.165) is 12.1 Å². The Morgan fingerprint density at radius 1 is 1.12 bits per heavy atom. The molecule has 1 unspecified atom stereocenters. The van der Waals surface area contributed by atoms with Gasteiger partial charge in [0.05, 0.1) is 9.92 Å². The molecule has 2 heterocycles. The highest BCUT2D eigenvalue weighted by molar-refractivity contribution is 7.89. The lowest BCUT2D eigenvalue weighted by Gasteiger charge is -2.39. The molecule has 2 aliphatic heterocycles. The summed E-state index contributed by atoms with van der Waals surface area (Å²) in [6.07, 6.45) is -0.143. The van der Waals surface area contributed by atoms with Crippen molar-refractivity contribution >= 4 is 27.5 Å². The molecule has 4 rings (SSSR count). The summed E-state index contributed by atoms with van der Waals surface area (Å²) in [6.45, 7) is 0.772. The Labute approximate surface area is 149 Å². The fraction of sp³-hybridized carbons (Fsp3) is 0.235. The molecule has 8 heteroatoms. The van der Waals surface area contributed by atoms with Crippen molar-refractivity contribution in [2.45, 2.75) is 17.5 Å². The van der Waals surface area contributed by atoms with Gasteiger partial charge in [-0.05, 0) is 30.7 Å². The van der Waals surface area contributed by atoms with Crippen molar-refractivity contribution in [3.05, 3.63) is 64.4 Å². The number of carbonyl (C=O) groups is 1. The number of halogens is 2. The van der Waals surface area contributed by atoms with Crippen molar-refractivity contribution in [2.75, 3.05) is 13.1 Å². The molecule has 25 heavy (non-hydrogen) atoms. The second-order valence-corrected chi connectivity index (χ2v) is 8.30. The summed E-state index contributed by atoms with van der Waals surface area (Å²) >= 11 is 5.75. The number of carbonyl (C=O) groups excluding carboxylic acids is 1. The molecule has 2 aromatic carbocycles. The van der Waals surface area contributed by atoms with Crippen LogP contribution in [0, 0.1) is 5.82 Å². The van der Waals surface area contributed by atoms with Crippen LogP contribution in [0.1, 0.15) is 28.5 Å². The maximum Gasteiger partial charge on any atom is 0.255 e. The number of amides is 1. The van der Waals surface area contributed by atoms with Gasteiger partial charge in [-0.2, -0.15) is 4.31 Å². The van der Waals surface area contributed by atoms with Crippen LogP contribution in [0.3, 0.4) is 0 Å². The van der Waals surface area contributed by atoms with Crippen LogP contribution in [0.2, 0.25) is 5.02 Å². The van der Waals surface area contributed by atoms with Crippen molar-refractivity contribution < 1.29 is 17.6 Å². The van der Waals surface area contributed by atoms with Crippen LogP contribution >= 0.6 is 11.6 Å². The van der Waals surface area contributed by atoms with Crippen molar-refractivity contribution in [1.82, 2.24) is 9.21 Å². The molecule has 0 spiro atoms. The molecule has 1 atom stereocenters. The van der Waals surface area contributed by atoms with Gasteiger partial charge in [0, 0.05) is 24.2 Å². The number of fused-ring (bicyclic) bond motifs is 3. The topological polar surface area (TPSA) is 57.7 Å². The molecule has 0 saturated carbocycles. The van der Waals surface area contributed by atoms with Crippen LogP contribution in [-0.4, -0.2) is 36.6 Å². The van der Waals surface area contributed by atoms with Gasteiger partial charge in [-0.15, -0.1) is 0 Å². The fourth-order valence-corrected chi connectivity index (χ4v) is 5.31. The number of nitrogens with zero attached hydrogens (tertiary/aromatic N) is 2. The number of rotatable bonds is 2. The Balaban J connectivity index is 1.82. The minimum atomic E-state index is -3.93. The quantitative estimate of drug-likeness (QED) is 0.804. The van der Waals surface area contributed by atoms with Crippen molar-refractivity contribution in [2.24, 2.45) is 0 Å². The zero-order chi connectivity index (χ0) is 17.8. The lowest BCUT2D eigenvalue weighted by molar-refractivity contribution is 0.0470. The van der Waals surface area contributed by atoms with Gasteiger partial charge in [0.1, 0.15) is 12.0 Å². The van der Waals surface area contributed by atoms with Gasteiger partial charge < -0.3 is 4.90 Å². The van der Waals surface area contributed by atoms with Crippen LogP contribution in [-0.2, 0) is 10.0 Å². The lowest BCUT2D eigenvalue weighted by Crippen LogP contribution is -2.48. The van der Waals surface area contributed by atoms with E-state index < -0.39 is 22.0 Å². The van der Waals surface area contributed by atoms with Gasteiger partial charge in [-0.1, -0.05) is 29.8 Å². The third-order valence-corrected chi connectivity index (χ3v) is 6.71. The summed E-state index contributed by atoms with van der Waals surface area (Å²) < 4.78 is 40.9. The minimum Gasteiger partial charge on any atom is -0.318 e. The van der Waals surface area contributed by atoms with Gasteiger partial charge in [-0.25, -0.2) is 12.8 Å². The largest absolute Gasteiger partial charge is 0.318 e.